The molecule has 0 spiro atoms. The van der Waals surface area contributed by atoms with Crippen LogP contribution in [-0.2, 0) is 0 Å². The normalized spacial score (nSPS) is 14.1. The van der Waals surface area contributed by atoms with Gasteiger partial charge < -0.3 is 15.5 Å². The Morgan fingerprint density at radius 1 is 0.935 bits per heavy atom. The fourth-order valence-corrected chi connectivity index (χ4v) is 3.89. The molecule has 0 unspecified atom stereocenters. The standard InChI is InChI=1S/C24H26ClN5O/c1-17-9-10-19(25)16-22(17)27-24(31)26-20-8-6-7-18(15-20)21-11-12-23(29-28-21)30-13-4-2-3-5-14-30/h6-12,15-16H,2-5,13-14H2,1H3,(H2,26,27,31). The Labute approximate surface area is 187 Å². The van der Waals surface area contributed by atoms with Crippen LogP contribution < -0.4 is 15.5 Å². The fourth-order valence-electron chi connectivity index (χ4n) is 3.72. The first-order chi connectivity index (χ1) is 15.1. The SMILES string of the molecule is Cc1ccc(Cl)cc1NC(=O)Nc1cccc(-c2ccc(N3CCCCCC3)nn2)c1. The van der Waals surface area contributed by atoms with Gasteiger partial charge in [-0.2, -0.15) is 0 Å². The summed E-state index contributed by atoms with van der Waals surface area (Å²) in [5.41, 5.74) is 3.96. The molecule has 6 nitrogen and oxygen atoms in total. The first kappa shape index (κ1) is 21.1. The second-order valence-corrected chi connectivity index (χ2v) is 8.23. The molecule has 2 N–H and O–H groups in total. The smallest absolute Gasteiger partial charge is 0.323 e. The van der Waals surface area contributed by atoms with Crippen LogP contribution in [0.15, 0.2) is 54.6 Å². The Morgan fingerprint density at radius 2 is 1.74 bits per heavy atom. The highest BCUT2D eigenvalue weighted by molar-refractivity contribution is 6.31. The van der Waals surface area contributed by atoms with Crippen molar-refractivity contribution in [1.82, 2.24) is 10.2 Å². The molecule has 0 aliphatic carbocycles. The van der Waals surface area contributed by atoms with E-state index >= 15 is 0 Å². The second kappa shape index (κ2) is 9.79. The molecule has 0 saturated carbocycles. The number of anilines is 3. The zero-order valence-corrected chi connectivity index (χ0v) is 18.3. The third-order valence-corrected chi connectivity index (χ3v) is 5.68. The quantitative estimate of drug-likeness (QED) is 0.517. The lowest BCUT2D eigenvalue weighted by Gasteiger charge is -2.20. The van der Waals surface area contributed by atoms with Crippen LogP contribution in [0.4, 0.5) is 22.0 Å². The maximum Gasteiger partial charge on any atom is 0.323 e. The Kier molecular flexibility index (Phi) is 6.67. The Balaban J connectivity index is 1.44. The maximum absolute atomic E-state index is 12.4. The molecule has 0 bridgehead atoms. The molecule has 31 heavy (non-hydrogen) atoms. The highest BCUT2D eigenvalue weighted by Gasteiger charge is 2.12. The maximum atomic E-state index is 12.4. The van der Waals surface area contributed by atoms with E-state index in [0.717, 1.165) is 35.7 Å². The summed E-state index contributed by atoms with van der Waals surface area (Å²) in [6, 6.07) is 16.7. The van der Waals surface area contributed by atoms with Crippen molar-refractivity contribution >= 4 is 34.8 Å². The first-order valence-corrected chi connectivity index (χ1v) is 11.0. The number of aromatic nitrogens is 2. The van der Waals surface area contributed by atoms with Gasteiger partial charge in [-0.05, 0) is 61.7 Å². The molecular weight excluding hydrogens is 410 g/mol. The Hall–Kier alpha value is -3.12. The van der Waals surface area contributed by atoms with Crippen molar-refractivity contribution < 1.29 is 4.79 Å². The van der Waals surface area contributed by atoms with Gasteiger partial charge in [0.1, 0.15) is 0 Å². The van der Waals surface area contributed by atoms with Crippen molar-refractivity contribution in [3.63, 3.8) is 0 Å². The molecule has 2 amide bonds. The van der Waals surface area contributed by atoms with Crippen molar-refractivity contribution in [2.24, 2.45) is 0 Å². The number of amides is 2. The van der Waals surface area contributed by atoms with Gasteiger partial charge >= 0.3 is 6.03 Å². The molecule has 3 aromatic rings. The number of urea groups is 1. The molecular formula is C24H26ClN5O. The van der Waals surface area contributed by atoms with Crippen LogP contribution in [0.3, 0.4) is 0 Å². The van der Waals surface area contributed by atoms with Crippen molar-refractivity contribution in [1.29, 1.82) is 0 Å². The van der Waals surface area contributed by atoms with Gasteiger partial charge in [0.2, 0.25) is 0 Å². The Bertz CT molecular complexity index is 1050. The van der Waals surface area contributed by atoms with E-state index in [0.29, 0.717) is 16.4 Å². The minimum absolute atomic E-state index is 0.329. The number of benzene rings is 2. The molecule has 1 aliphatic rings. The molecule has 2 heterocycles. The number of rotatable bonds is 4. The summed E-state index contributed by atoms with van der Waals surface area (Å²) in [7, 11) is 0. The molecule has 1 fully saturated rings. The second-order valence-electron chi connectivity index (χ2n) is 7.80. The number of aryl methyl sites for hydroxylation is 1. The van der Waals surface area contributed by atoms with E-state index < -0.39 is 0 Å². The van der Waals surface area contributed by atoms with E-state index in [9.17, 15) is 4.79 Å². The number of hydrogen-bond donors (Lipinski definition) is 2. The van der Waals surface area contributed by atoms with Gasteiger partial charge in [-0.1, -0.05) is 42.6 Å². The first-order valence-electron chi connectivity index (χ1n) is 10.6. The van der Waals surface area contributed by atoms with Gasteiger partial charge in [-0.25, -0.2) is 4.79 Å². The van der Waals surface area contributed by atoms with Crippen LogP contribution in [-0.4, -0.2) is 29.3 Å². The molecule has 1 aliphatic heterocycles. The minimum Gasteiger partial charge on any atom is -0.355 e. The predicted molar refractivity (Wildman–Crippen MR) is 127 cm³/mol. The van der Waals surface area contributed by atoms with E-state index in [-0.39, 0.29) is 6.03 Å². The van der Waals surface area contributed by atoms with Gasteiger partial charge in [0, 0.05) is 35.1 Å². The van der Waals surface area contributed by atoms with Crippen LogP contribution in [0.25, 0.3) is 11.3 Å². The van der Waals surface area contributed by atoms with Gasteiger partial charge in [0.05, 0.1) is 5.69 Å². The van der Waals surface area contributed by atoms with E-state index in [1.54, 1.807) is 12.1 Å². The predicted octanol–water partition coefficient (Wildman–Crippen LogP) is 6.13. The van der Waals surface area contributed by atoms with Crippen LogP contribution in [0.5, 0.6) is 0 Å². The van der Waals surface area contributed by atoms with Crippen molar-refractivity contribution in [2.45, 2.75) is 32.6 Å². The van der Waals surface area contributed by atoms with E-state index in [2.05, 4.69) is 25.7 Å². The van der Waals surface area contributed by atoms with Crippen molar-refractivity contribution in [3.05, 3.63) is 65.2 Å². The number of hydrogen-bond acceptors (Lipinski definition) is 4. The van der Waals surface area contributed by atoms with E-state index in [1.165, 1.54) is 25.7 Å². The number of nitrogens with zero attached hydrogens (tertiary/aromatic N) is 3. The Morgan fingerprint density at radius 3 is 2.48 bits per heavy atom. The summed E-state index contributed by atoms with van der Waals surface area (Å²) in [5.74, 6) is 0.927. The molecule has 7 heteroatoms. The molecule has 0 radical (unpaired) electrons. The molecule has 160 valence electrons. The highest BCUT2D eigenvalue weighted by atomic mass is 35.5. The van der Waals surface area contributed by atoms with E-state index in [4.69, 9.17) is 11.6 Å². The third kappa shape index (κ3) is 5.52. The van der Waals surface area contributed by atoms with Crippen molar-refractivity contribution in [2.75, 3.05) is 28.6 Å². The van der Waals surface area contributed by atoms with E-state index in [1.807, 2.05) is 49.4 Å². The van der Waals surface area contributed by atoms with Crippen LogP contribution >= 0.6 is 11.6 Å². The fraction of sp³-hybridized carbons (Fsp3) is 0.292. The summed E-state index contributed by atoms with van der Waals surface area (Å²) >= 11 is 6.03. The zero-order chi connectivity index (χ0) is 21.6. The molecule has 2 aromatic carbocycles. The lowest BCUT2D eigenvalue weighted by molar-refractivity contribution is 0.262. The van der Waals surface area contributed by atoms with Gasteiger partial charge in [0.25, 0.3) is 0 Å². The summed E-state index contributed by atoms with van der Waals surface area (Å²) in [6.45, 7) is 3.99. The van der Waals surface area contributed by atoms with Gasteiger partial charge in [-0.3, -0.25) is 0 Å². The largest absolute Gasteiger partial charge is 0.355 e. The summed E-state index contributed by atoms with van der Waals surface area (Å²) in [5, 5.41) is 15.2. The van der Waals surface area contributed by atoms with Crippen LogP contribution in [0.1, 0.15) is 31.2 Å². The average molecular weight is 436 g/mol. The number of carbonyl (C=O) groups is 1. The van der Waals surface area contributed by atoms with Gasteiger partial charge in [-0.15, -0.1) is 10.2 Å². The zero-order valence-electron chi connectivity index (χ0n) is 17.6. The molecule has 1 saturated heterocycles. The topological polar surface area (TPSA) is 70.2 Å². The highest BCUT2D eigenvalue weighted by Crippen LogP contribution is 2.24. The minimum atomic E-state index is -0.329. The van der Waals surface area contributed by atoms with Crippen molar-refractivity contribution in [3.8, 4) is 11.3 Å². The number of halogens is 1. The number of nitrogens with one attached hydrogen (secondary N) is 2. The molecule has 4 rings (SSSR count). The van der Waals surface area contributed by atoms with Crippen LogP contribution in [0, 0.1) is 6.92 Å². The summed E-state index contributed by atoms with van der Waals surface area (Å²) in [4.78, 5) is 14.8. The van der Waals surface area contributed by atoms with Gasteiger partial charge in [0.15, 0.2) is 5.82 Å². The lowest BCUT2D eigenvalue weighted by Crippen LogP contribution is -2.25. The monoisotopic (exact) mass is 435 g/mol. The number of carbonyl (C=O) groups excluding carboxylic acids is 1. The third-order valence-electron chi connectivity index (χ3n) is 5.44. The average Bonchev–Trinajstić information content (AvgIpc) is 3.06. The summed E-state index contributed by atoms with van der Waals surface area (Å²) in [6.07, 6.45) is 4.97. The summed E-state index contributed by atoms with van der Waals surface area (Å²) < 4.78 is 0. The van der Waals surface area contributed by atoms with Crippen LogP contribution in [0.2, 0.25) is 5.02 Å². The lowest BCUT2D eigenvalue weighted by atomic mass is 10.1. The molecule has 0 atom stereocenters. The molecule has 1 aromatic heterocycles.